The van der Waals surface area contributed by atoms with Crippen molar-refractivity contribution in [2.75, 3.05) is 16.8 Å². The quantitative estimate of drug-likeness (QED) is 0.538. The Kier molecular flexibility index (Phi) is 2.41. The number of nitrogens with one attached hydrogen (secondary N) is 1. The molecule has 4 heteroatoms. The van der Waals surface area contributed by atoms with Gasteiger partial charge in [-0.15, -0.1) is 0 Å². The van der Waals surface area contributed by atoms with Gasteiger partial charge in [0.05, 0.1) is 11.4 Å². The average molecular weight is 257 g/mol. The van der Waals surface area contributed by atoms with Crippen LogP contribution in [0.15, 0.2) is 34.1 Å². The molecular formula is C14H15N3S. The molecule has 1 aliphatic rings. The molecule has 1 aliphatic heterocycles. The predicted octanol–water partition coefficient (Wildman–Crippen LogP) is 3.68. The highest BCUT2D eigenvalue weighted by atomic mass is 32.2. The van der Waals surface area contributed by atoms with Crippen molar-refractivity contribution >= 4 is 34.5 Å². The minimum atomic E-state index is 0.767. The molecule has 0 bridgehead atoms. The summed E-state index contributed by atoms with van der Waals surface area (Å²) in [7, 11) is 0. The first kappa shape index (κ1) is 11.3. The molecule has 0 fully saturated rings. The Bertz CT molecular complexity index is 650. The highest BCUT2D eigenvalue weighted by Gasteiger charge is 2.19. The lowest BCUT2D eigenvalue weighted by Crippen LogP contribution is -2.05. The van der Waals surface area contributed by atoms with E-state index in [1.165, 1.54) is 9.79 Å². The summed E-state index contributed by atoms with van der Waals surface area (Å²) in [5.41, 5.74) is 17.9. The first-order valence-electron chi connectivity index (χ1n) is 5.80. The first-order valence-corrected chi connectivity index (χ1v) is 6.62. The van der Waals surface area contributed by atoms with Gasteiger partial charge in [0.2, 0.25) is 0 Å². The fourth-order valence-corrected chi connectivity index (χ4v) is 3.32. The van der Waals surface area contributed by atoms with Crippen LogP contribution in [-0.4, -0.2) is 0 Å². The SMILES string of the molecule is Cc1cc2c(c(C)c1N)Nc1cc(N)ccc1S2. The van der Waals surface area contributed by atoms with Crippen LogP contribution in [0, 0.1) is 13.8 Å². The van der Waals surface area contributed by atoms with E-state index < -0.39 is 0 Å². The van der Waals surface area contributed by atoms with E-state index in [-0.39, 0.29) is 0 Å². The number of nitrogens with two attached hydrogens (primary N) is 2. The Labute approximate surface area is 111 Å². The minimum Gasteiger partial charge on any atom is -0.399 e. The van der Waals surface area contributed by atoms with E-state index in [0.29, 0.717) is 0 Å². The van der Waals surface area contributed by atoms with Gasteiger partial charge in [-0.05, 0) is 49.2 Å². The van der Waals surface area contributed by atoms with Crippen molar-refractivity contribution in [1.29, 1.82) is 0 Å². The Morgan fingerprint density at radius 2 is 1.83 bits per heavy atom. The van der Waals surface area contributed by atoms with Crippen LogP contribution in [0.25, 0.3) is 0 Å². The molecule has 0 saturated carbocycles. The van der Waals surface area contributed by atoms with Crippen LogP contribution in [-0.2, 0) is 0 Å². The lowest BCUT2D eigenvalue weighted by molar-refractivity contribution is 1.25. The lowest BCUT2D eigenvalue weighted by atomic mass is 10.1. The van der Waals surface area contributed by atoms with Crippen molar-refractivity contribution in [1.82, 2.24) is 0 Å². The number of benzene rings is 2. The maximum atomic E-state index is 6.08. The van der Waals surface area contributed by atoms with Crippen LogP contribution in [0.3, 0.4) is 0 Å². The maximum absolute atomic E-state index is 6.08. The molecule has 0 radical (unpaired) electrons. The van der Waals surface area contributed by atoms with Crippen LogP contribution in [0.1, 0.15) is 11.1 Å². The molecule has 0 amide bonds. The van der Waals surface area contributed by atoms with Crippen molar-refractivity contribution in [3.05, 3.63) is 35.4 Å². The van der Waals surface area contributed by atoms with Crippen molar-refractivity contribution in [2.24, 2.45) is 0 Å². The first-order chi connectivity index (χ1) is 8.56. The van der Waals surface area contributed by atoms with Gasteiger partial charge in [-0.25, -0.2) is 0 Å². The summed E-state index contributed by atoms with van der Waals surface area (Å²) in [4.78, 5) is 2.41. The van der Waals surface area contributed by atoms with Gasteiger partial charge < -0.3 is 16.8 Å². The predicted molar refractivity (Wildman–Crippen MR) is 78.6 cm³/mol. The lowest BCUT2D eigenvalue weighted by Gasteiger charge is -2.24. The Balaban J connectivity index is 2.17. The van der Waals surface area contributed by atoms with Crippen LogP contribution < -0.4 is 16.8 Å². The maximum Gasteiger partial charge on any atom is 0.0576 e. The van der Waals surface area contributed by atoms with Gasteiger partial charge in [-0.2, -0.15) is 0 Å². The molecule has 2 aromatic carbocycles. The Morgan fingerprint density at radius 1 is 1.06 bits per heavy atom. The molecule has 1 heterocycles. The summed E-state index contributed by atoms with van der Waals surface area (Å²) in [6, 6.07) is 8.07. The van der Waals surface area contributed by atoms with Gasteiger partial charge >= 0.3 is 0 Å². The van der Waals surface area contributed by atoms with E-state index in [2.05, 4.69) is 11.4 Å². The molecule has 0 spiro atoms. The third-order valence-corrected chi connectivity index (χ3v) is 4.40. The van der Waals surface area contributed by atoms with E-state index in [4.69, 9.17) is 11.5 Å². The molecule has 3 nitrogen and oxygen atoms in total. The zero-order chi connectivity index (χ0) is 12.9. The normalized spacial score (nSPS) is 12.6. The van der Waals surface area contributed by atoms with Crippen molar-refractivity contribution in [3.8, 4) is 0 Å². The van der Waals surface area contributed by atoms with E-state index in [9.17, 15) is 0 Å². The third kappa shape index (κ3) is 1.61. The number of fused-ring (bicyclic) bond motifs is 2. The minimum absolute atomic E-state index is 0.767. The molecule has 18 heavy (non-hydrogen) atoms. The van der Waals surface area contributed by atoms with Crippen LogP contribution in [0.5, 0.6) is 0 Å². The second-order valence-electron chi connectivity index (χ2n) is 4.59. The zero-order valence-electron chi connectivity index (χ0n) is 10.4. The van der Waals surface area contributed by atoms with Gasteiger partial charge in [-0.1, -0.05) is 11.8 Å². The number of anilines is 4. The summed E-state index contributed by atoms with van der Waals surface area (Å²) < 4.78 is 0. The van der Waals surface area contributed by atoms with Crippen molar-refractivity contribution in [3.63, 3.8) is 0 Å². The summed E-state index contributed by atoms with van der Waals surface area (Å²) >= 11 is 1.75. The van der Waals surface area contributed by atoms with Gasteiger partial charge in [0.15, 0.2) is 0 Å². The van der Waals surface area contributed by atoms with Gasteiger partial charge in [0.1, 0.15) is 0 Å². The molecule has 5 N–H and O–H groups in total. The smallest absolute Gasteiger partial charge is 0.0576 e. The van der Waals surface area contributed by atoms with Crippen molar-refractivity contribution < 1.29 is 0 Å². The second-order valence-corrected chi connectivity index (χ2v) is 5.67. The van der Waals surface area contributed by atoms with Gasteiger partial charge in [0, 0.05) is 21.2 Å². The van der Waals surface area contributed by atoms with Crippen LogP contribution in [0.4, 0.5) is 22.7 Å². The molecule has 3 rings (SSSR count). The van der Waals surface area contributed by atoms with E-state index in [1.54, 1.807) is 11.8 Å². The Morgan fingerprint density at radius 3 is 2.61 bits per heavy atom. The number of aryl methyl sites for hydroxylation is 1. The number of nitrogen functional groups attached to an aromatic ring is 2. The molecule has 0 saturated heterocycles. The monoisotopic (exact) mass is 257 g/mol. The van der Waals surface area contributed by atoms with Crippen LogP contribution >= 0.6 is 11.8 Å². The van der Waals surface area contributed by atoms with Gasteiger partial charge in [0.25, 0.3) is 0 Å². The number of hydrogen-bond donors (Lipinski definition) is 3. The summed E-state index contributed by atoms with van der Waals surface area (Å²) in [5.74, 6) is 0. The van der Waals surface area contributed by atoms with E-state index in [1.807, 2.05) is 32.0 Å². The van der Waals surface area contributed by atoms with Crippen LogP contribution in [0.2, 0.25) is 0 Å². The molecule has 0 aliphatic carbocycles. The van der Waals surface area contributed by atoms with E-state index in [0.717, 1.165) is 33.9 Å². The standard InChI is InChI=1S/C14H15N3S/c1-7-5-12-14(8(2)13(7)16)17-10-6-9(15)3-4-11(10)18-12/h3-6,17H,15-16H2,1-2H3. The number of rotatable bonds is 0. The zero-order valence-corrected chi connectivity index (χ0v) is 11.2. The number of hydrogen-bond acceptors (Lipinski definition) is 4. The summed E-state index contributed by atoms with van der Waals surface area (Å²) in [6.45, 7) is 4.09. The molecular weight excluding hydrogens is 242 g/mol. The van der Waals surface area contributed by atoms with Gasteiger partial charge in [-0.3, -0.25) is 0 Å². The molecule has 92 valence electrons. The largest absolute Gasteiger partial charge is 0.399 e. The highest BCUT2D eigenvalue weighted by molar-refractivity contribution is 7.99. The molecule has 2 aromatic rings. The fourth-order valence-electron chi connectivity index (χ4n) is 2.19. The molecule has 0 atom stereocenters. The second kappa shape index (κ2) is 3.85. The molecule has 0 unspecified atom stereocenters. The topological polar surface area (TPSA) is 64.1 Å². The fraction of sp³-hybridized carbons (Fsp3) is 0.143. The van der Waals surface area contributed by atoms with E-state index >= 15 is 0 Å². The highest BCUT2D eigenvalue weighted by Crippen LogP contribution is 2.47. The summed E-state index contributed by atoms with van der Waals surface area (Å²) in [5, 5.41) is 3.44. The average Bonchev–Trinajstić information content (AvgIpc) is 2.35. The third-order valence-electron chi connectivity index (χ3n) is 3.28. The Hall–Kier alpha value is -1.81. The summed E-state index contributed by atoms with van der Waals surface area (Å²) in [6.07, 6.45) is 0. The molecule has 0 aromatic heterocycles. The van der Waals surface area contributed by atoms with Crippen molar-refractivity contribution in [2.45, 2.75) is 23.6 Å².